The first kappa shape index (κ1) is 11.5. The fourth-order valence-corrected chi connectivity index (χ4v) is 2.27. The van der Waals surface area contributed by atoms with Gasteiger partial charge in [-0.05, 0) is 31.3 Å². The lowest BCUT2D eigenvalue weighted by atomic mass is 9.81. The molecule has 2 heterocycles. The predicted octanol–water partition coefficient (Wildman–Crippen LogP) is 0.658. The number of nitrogens with one attached hydrogen (secondary N) is 2. The zero-order valence-corrected chi connectivity index (χ0v) is 10.1. The Bertz CT molecular complexity index is 346. The van der Waals surface area contributed by atoms with Gasteiger partial charge in [-0.15, -0.1) is 0 Å². The van der Waals surface area contributed by atoms with Gasteiger partial charge in [0.25, 0.3) is 5.91 Å². The van der Waals surface area contributed by atoms with E-state index in [1.54, 1.807) is 0 Å². The molecule has 1 aliphatic heterocycles. The molecule has 0 radical (unpaired) electrons. The van der Waals surface area contributed by atoms with Crippen LogP contribution in [-0.4, -0.2) is 34.3 Å². The molecule has 1 saturated heterocycles. The van der Waals surface area contributed by atoms with E-state index in [1.807, 2.05) is 0 Å². The van der Waals surface area contributed by atoms with Gasteiger partial charge in [-0.1, -0.05) is 6.92 Å². The smallest absolute Gasteiger partial charge is 0.272 e. The van der Waals surface area contributed by atoms with Crippen molar-refractivity contribution in [3.8, 4) is 0 Å². The Kier molecular flexibility index (Phi) is 3.50. The minimum atomic E-state index is -0.117. The molecule has 1 fully saturated rings. The number of aromatic nitrogens is 2. The molecule has 0 aliphatic carbocycles. The molecule has 0 atom stereocenters. The highest BCUT2D eigenvalue weighted by Gasteiger charge is 2.27. The molecule has 0 saturated carbocycles. The van der Waals surface area contributed by atoms with Crippen LogP contribution in [0.2, 0.25) is 0 Å². The monoisotopic (exact) mass is 240 g/mol. The number of hydrogen-bond donors (Lipinski definition) is 2. The first-order chi connectivity index (χ1) is 7.70. The summed E-state index contributed by atoms with van der Waals surface area (Å²) in [5.41, 5.74) is 0.632. The van der Waals surface area contributed by atoms with Crippen molar-refractivity contribution in [1.29, 1.82) is 0 Å². The Morgan fingerprint density at radius 1 is 1.62 bits per heavy atom. The van der Waals surface area contributed by atoms with E-state index in [4.69, 9.17) is 0 Å². The lowest BCUT2D eigenvalue weighted by Gasteiger charge is -2.33. The molecule has 0 bridgehead atoms. The fourth-order valence-electron chi connectivity index (χ4n) is 1.86. The van der Waals surface area contributed by atoms with Crippen LogP contribution in [0.1, 0.15) is 30.3 Å². The van der Waals surface area contributed by atoms with Crippen molar-refractivity contribution < 1.29 is 4.79 Å². The van der Waals surface area contributed by atoms with Crippen LogP contribution in [0.15, 0.2) is 6.20 Å². The minimum Gasteiger partial charge on any atom is -0.350 e. The number of carbonyl (C=O) groups excluding carboxylic acids is 1. The Hall–Kier alpha value is -1.01. The molecule has 2 N–H and O–H groups in total. The maximum absolute atomic E-state index is 11.7. The van der Waals surface area contributed by atoms with Gasteiger partial charge in [0, 0.05) is 6.54 Å². The molecule has 0 unspecified atom stereocenters. The van der Waals surface area contributed by atoms with Crippen molar-refractivity contribution in [2.75, 3.05) is 19.6 Å². The van der Waals surface area contributed by atoms with E-state index in [9.17, 15) is 4.79 Å². The van der Waals surface area contributed by atoms with Crippen molar-refractivity contribution >= 4 is 17.6 Å². The third-order valence-corrected chi connectivity index (χ3v) is 3.56. The quantitative estimate of drug-likeness (QED) is 0.814. The predicted molar refractivity (Wildman–Crippen MR) is 62.5 cm³/mol. The molecule has 6 heteroatoms. The standard InChI is InChI=1S/C10H16N4OS/c1-10(2-4-11-5-3-10)7-12-9(15)8-6-13-16-14-8/h6,11H,2-5,7H2,1H3,(H,12,15). The summed E-state index contributed by atoms with van der Waals surface area (Å²) in [5, 5.41) is 6.25. The molecule has 2 rings (SSSR count). The van der Waals surface area contributed by atoms with Gasteiger partial charge < -0.3 is 10.6 Å². The normalized spacial score (nSPS) is 19.3. The second-order valence-corrected chi connectivity index (χ2v) is 5.09. The van der Waals surface area contributed by atoms with Gasteiger partial charge in [-0.25, -0.2) is 0 Å². The lowest BCUT2D eigenvalue weighted by Crippen LogP contribution is -2.42. The summed E-state index contributed by atoms with van der Waals surface area (Å²) in [6.45, 7) is 4.99. The molecule has 1 amide bonds. The van der Waals surface area contributed by atoms with Gasteiger partial charge >= 0.3 is 0 Å². The van der Waals surface area contributed by atoms with Crippen LogP contribution in [0.3, 0.4) is 0 Å². The molecule has 16 heavy (non-hydrogen) atoms. The molecule has 1 aromatic heterocycles. The number of amides is 1. The third-order valence-electron chi connectivity index (χ3n) is 3.08. The van der Waals surface area contributed by atoms with Crippen molar-refractivity contribution in [2.24, 2.45) is 5.41 Å². The molecule has 1 aromatic rings. The SMILES string of the molecule is CC1(CNC(=O)c2cnsn2)CCNCC1. The van der Waals surface area contributed by atoms with Gasteiger partial charge in [0.2, 0.25) is 0 Å². The first-order valence-electron chi connectivity index (χ1n) is 5.46. The van der Waals surface area contributed by atoms with E-state index >= 15 is 0 Å². The largest absolute Gasteiger partial charge is 0.350 e. The van der Waals surface area contributed by atoms with Gasteiger partial charge in [0.05, 0.1) is 17.9 Å². The van der Waals surface area contributed by atoms with Crippen LogP contribution in [0.4, 0.5) is 0 Å². The van der Waals surface area contributed by atoms with Gasteiger partial charge in [-0.2, -0.15) is 8.75 Å². The van der Waals surface area contributed by atoms with Crippen molar-refractivity contribution in [2.45, 2.75) is 19.8 Å². The van der Waals surface area contributed by atoms with E-state index in [1.165, 1.54) is 6.20 Å². The molecular formula is C10H16N4OS. The topological polar surface area (TPSA) is 66.9 Å². The second-order valence-electron chi connectivity index (χ2n) is 4.54. The molecule has 0 spiro atoms. The lowest BCUT2D eigenvalue weighted by molar-refractivity contribution is 0.0918. The minimum absolute atomic E-state index is 0.117. The molecule has 0 aromatic carbocycles. The third kappa shape index (κ3) is 2.76. The Balaban J connectivity index is 1.84. The number of piperidine rings is 1. The van der Waals surface area contributed by atoms with Gasteiger partial charge in [0.1, 0.15) is 0 Å². The van der Waals surface area contributed by atoms with Crippen LogP contribution in [0.25, 0.3) is 0 Å². The molecular weight excluding hydrogens is 224 g/mol. The zero-order chi connectivity index (χ0) is 11.4. The summed E-state index contributed by atoms with van der Waals surface area (Å²) in [4.78, 5) is 11.7. The first-order valence-corrected chi connectivity index (χ1v) is 6.19. The molecule has 5 nitrogen and oxygen atoms in total. The molecule has 88 valence electrons. The van der Waals surface area contributed by atoms with E-state index in [-0.39, 0.29) is 11.3 Å². The van der Waals surface area contributed by atoms with E-state index < -0.39 is 0 Å². The van der Waals surface area contributed by atoms with E-state index in [0.717, 1.165) is 37.7 Å². The summed E-state index contributed by atoms with van der Waals surface area (Å²) in [7, 11) is 0. The average molecular weight is 240 g/mol. The van der Waals surface area contributed by atoms with Crippen molar-refractivity contribution in [3.63, 3.8) is 0 Å². The summed E-state index contributed by atoms with van der Waals surface area (Å²) >= 11 is 1.06. The fraction of sp³-hybridized carbons (Fsp3) is 0.700. The summed E-state index contributed by atoms with van der Waals surface area (Å²) < 4.78 is 7.72. The Labute approximate surface area is 99.0 Å². The van der Waals surface area contributed by atoms with Gasteiger partial charge in [-0.3, -0.25) is 4.79 Å². The van der Waals surface area contributed by atoms with E-state index in [0.29, 0.717) is 12.2 Å². The Morgan fingerprint density at radius 3 is 3.00 bits per heavy atom. The Morgan fingerprint density at radius 2 is 2.38 bits per heavy atom. The summed E-state index contributed by atoms with van der Waals surface area (Å²) in [6, 6.07) is 0. The van der Waals surface area contributed by atoms with Crippen LogP contribution >= 0.6 is 11.7 Å². The highest BCUT2D eigenvalue weighted by Crippen LogP contribution is 2.26. The van der Waals surface area contributed by atoms with Gasteiger partial charge in [0.15, 0.2) is 5.69 Å². The van der Waals surface area contributed by atoms with Crippen LogP contribution in [0, 0.1) is 5.41 Å². The second kappa shape index (κ2) is 4.88. The maximum Gasteiger partial charge on any atom is 0.272 e. The highest BCUT2D eigenvalue weighted by molar-refractivity contribution is 6.99. The van der Waals surface area contributed by atoms with Crippen LogP contribution in [-0.2, 0) is 0 Å². The number of nitrogens with zero attached hydrogens (tertiary/aromatic N) is 2. The van der Waals surface area contributed by atoms with Crippen LogP contribution < -0.4 is 10.6 Å². The summed E-state index contributed by atoms with van der Waals surface area (Å²) in [6.07, 6.45) is 3.70. The molecule has 1 aliphatic rings. The number of hydrogen-bond acceptors (Lipinski definition) is 5. The maximum atomic E-state index is 11.7. The summed E-state index contributed by atoms with van der Waals surface area (Å²) in [5.74, 6) is -0.117. The van der Waals surface area contributed by atoms with E-state index in [2.05, 4.69) is 26.3 Å². The van der Waals surface area contributed by atoms with Crippen LogP contribution in [0.5, 0.6) is 0 Å². The highest BCUT2D eigenvalue weighted by atomic mass is 32.1. The zero-order valence-electron chi connectivity index (χ0n) is 9.32. The van der Waals surface area contributed by atoms with Crippen molar-refractivity contribution in [1.82, 2.24) is 19.4 Å². The van der Waals surface area contributed by atoms with Crippen molar-refractivity contribution in [3.05, 3.63) is 11.9 Å². The average Bonchev–Trinajstić information content (AvgIpc) is 2.80. The number of rotatable bonds is 3. The number of carbonyl (C=O) groups is 1.